The van der Waals surface area contributed by atoms with Crippen molar-refractivity contribution in [1.29, 1.82) is 0 Å². The fourth-order valence-corrected chi connectivity index (χ4v) is 4.01. The normalized spacial score (nSPS) is 11.8. The molecule has 0 aliphatic rings. The Labute approximate surface area is 154 Å². The van der Waals surface area contributed by atoms with Gasteiger partial charge in [0, 0.05) is 11.0 Å². The molecule has 25 heavy (non-hydrogen) atoms. The van der Waals surface area contributed by atoms with Gasteiger partial charge in [-0.1, -0.05) is 28.1 Å². The summed E-state index contributed by atoms with van der Waals surface area (Å²) in [4.78, 5) is 0.185. The minimum absolute atomic E-state index is 0.0861. The molecule has 0 aliphatic heterocycles. The van der Waals surface area contributed by atoms with E-state index in [0.29, 0.717) is 11.3 Å². The van der Waals surface area contributed by atoms with Gasteiger partial charge in [-0.15, -0.1) is 0 Å². The number of halogens is 2. The zero-order valence-electron chi connectivity index (χ0n) is 13.1. The predicted molar refractivity (Wildman–Crippen MR) is 95.7 cm³/mol. The molecule has 0 fully saturated rings. The van der Waals surface area contributed by atoms with Gasteiger partial charge in [-0.2, -0.15) is 4.31 Å². The average Bonchev–Trinajstić information content (AvgIpc) is 3.10. The van der Waals surface area contributed by atoms with Gasteiger partial charge in [-0.05, 0) is 54.1 Å². The van der Waals surface area contributed by atoms with E-state index >= 15 is 0 Å². The summed E-state index contributed by atoms with van der Waals surface area (Å²) in [5.41, 5.74) is 0.689. The van der Waals surface area contributed by atoms with Crippen LogP contribution in [-0.2, 0) is 23.1 Å². The van der Waals surface area contributed by atoms with Crippen LogP contribution in [0.15, 0.2) is 80.7 Å². The SMILES string of the molecule is O=S(=O)(c1ccc(Br)cc1)N(Cc1ccc(F)cc1)Cc1ccco1. The van der Waals surface area contributed by atoms with Crippen LogP contribution in [0.1, 0.15) is 11.3 Å². The Morgan fingerprint density at radius 1 is 0.960 bits per heavy atom. The second kappa shape index (κ2) is 7.51. The van der Waals surface area contributed by atoms with Crippen molar-refractivity contribution in [3.63, 3.8) is 0 Å². The summed E-state index contributed by atoms with van der Waals surface area (Å²) in [5.74, 6) is 0.167. The second-order valence-electron chi connectivity index (χ2n) is 5.43. The maximum Gasteiger partial charge on any atom is 0.243 e. The standard InChI is InChI=1S/C18H15BrFNO3S/c19-15-5-9-18(10-6-15)25(22,23)21(13-17-2-1-11-24-17)12-14-3-7-16(20)8-4-14/h1-11H,12-13H2. The lowest BCUT2D eigenvalue weighted by Crippen LogP contribution is -2.30. The Morgan fingerprint density at radius 2 is 1.64 bits per heavy atom. The van der Waals surface area contributed by atoms with Gasteiger partial charge in [0.15, 0.2) is 0 Å². The van der Waals surface area contributed by atoms with Crippen molar-refractivity contribution in [3.8, 4) is 0 Å². The van der Waals surface area contributed by atoms with E-state index in [2.05, 4.69) is 15.9 Å². The summed E-state index contributed by atoms with van der Waals surface area (Å²) in [6.07, 6.45) is 1.50. The molecule has 0 bridgehead atoms. The fourth-order valence-electron chi connectivity index (χ4n) is 2.35. The lowest BCUT2D eigenvalue weighted by atomic mass is 10.2. The van der Waals surface area contributed by atoms with Crippen LogP contribution >= 0.6 is 15.9 Å². The lowest BCUT2D eigenvalue weighted by molar-refractivity contribution is 0.358. The van der Waals surface area contributed by atoms with Crippen molar-refractivity contribution < 1.29 is 17.2 Å². The molecule has 3 aromatic rings. The summed E-state index contributed by atoms with van der Waals surface area (Å²) < 4.78 is 46.6. The zero-order chi connectivity index (χ0) is 17.9. The monoisotopic (exact) mass is 423 g/mol. The van der Waals surface area contributed by atoms with E-state index in [9.17, 15) is 12.8 Å². The molecular weight excluding hydrogens is 409 g/mol. The summed E-state index contributed by atoms with van der Waals surface area (Å²) in [6, 6.07) is 15.6. The molecule has 0 radical (unpaired) electrons. The predicted octanol–water partition coefficient (Wildman–Crippen LogP) is 4.57. The Hall–Kier alpha value is -1.96. The number of furan rings is 1. The van der Waals surface area contributed by atoms with Crippen LogP contribution in [0, 0.1) is 5.82 Å². The first-order chi connectivity index (χ1) is 11.9. The first kappa shape index (κ1) is 17.8. The van der Waals surface area contributed by atoms with Crippen LogP contribution < -0.4 is 0 Å². The Bertz CT molecular complexity index is 923. The van der Waals surface area contributed by atoms with Crippen LogP contribution in [0.5, 0.6) is 0 Å². The van der Waals surface area contributed by atoms with E-state index in [4.69, 9.17) is 4.42 Å². The molecule has 7 heteroatoms. The van der Waals surface area contributed by atoms with E-state index in [-0.39, 0.29) is 23.8 Å². The molecule has 130 valence electrons. The fraction of sp³-hybridized carbons (Fsp3) is 0.111. The largest absolute Gasteiger partial charge is 0.468 e. The van der Waals surface area contributed by atoms with Gasteiger partial charge in [0.1, 0.15) is 11.6 Å². The van der Waals surface area contributed by atoms with Crippen molar-refractivity contribution in [2.24, 2.45) is 0 Å². The molecule has 0 saturated heterocycles. The van der Waals surface area contributed by atoms with Crippen LogP contribution in [-0.4, -0.2) is 12.7 Å². The second-order valence-corrected chi connectivity index (χ2v) is 8.29. The van der Waals surface area contributed by atoms with Gasteiger partial charge < -0.3 is 4.42 Å². The van der Waals surface area contributed by atoms with Crippen LogP contribution in [0.3, 0.4) is 0 Å². The van der Waals surface area contributed by atoms with E-state index in [1.54, 1.807) is 48.5 Å². The Balaban J connectivity index is 1.94. The highest BCUT2D eigenvalue weighted by atomic mass is 79.9. The van der Waals surface area contributed by atoms with Gasteiger partial charge in [0.05, 0.1) is 17.7 Å². The van der Waals surface area contributed by atoms with Crippen molar-refractivity contribution >= 4 is 26.0 Å². The quantitative estimate of drug-likeness (QED) is 0.583. The summed E-state index contributed by atoms with van der Waals surface area (Å²) in [7, 11) is -3.74. The van der Waals surface area contributed by atoms with Crippen molar-refractivity contribution in [2.75, 3.05) is 0 Å². The number of hydrogen-bond donors (Lipinski definition) is 0. The average molecular weight is 424 g/mol. The Morgan fingerprint density at radius 3 is 2.24 bits per heavy atom. The molecule has 4 nitrogen and oxygen atoms in total. The highest BCUT2D eigenvalue weighted by Gasteiger charge is 2.25. The van der Waals surface area contributed by atoms with E-state index in [0.717, 1.165) is 4.47 Å². The number of rotatable bonds is 6. The van der Waals surface area contributed by atoms with Crippen molar-refractivity contribution in [1.82, 2.24) is 4.31 Å². The molecule has 1 heterocycles. The summed E-state index contributed by atoms with van der Waals surface area (Å²) in [6.45, 7) is 0.197. The van der Waals surface area contributed by atoms with E-state index < -0.39 is 10.0 Å². The van der Waals surface area contributed by atoms with Crippen molar-refractivity contribution in [2.45, 2.75) is 18.0 Å². The molecule has 0 atom stereocenters. The van der Waals surface area contributed by atoms with Gasteiger partial charge in [0.25, 0.3) is 0 Å². The third-order valence-electron chi connectivity index (χ3n) is 3.64. The first-order valence-electron chi connectivity index (χ1n) is 7.48. The van der Waals surface area contributed by atoms with Crippen LogP contribution in [0.2, 0.25) is 0 Å². The van der Waals surface area contributed by atoms with Gasteiger partial charge in [-0.3, -0.25) is 0 Å². The lowest BCUT2D eigenvalue weighted by Gasteiger charge is -2.21. The summed E-state index contributed by atoms with van der Waals surface area (Å²) in [5, 5.41) is 0. The van der Waals surface area contributed by atoms with Crippen LogP contribution in [0.25, 0.3) is 0 Å². The molecule has 3 rings (SSSR count). The highest BCUT2D eigenvalue weighted by Crippen LogP contribution is 2.23. The third-order valence-corrected chi connectivity index (χ3v) is 5.97. The molecule has 1 aromatic heterocycles. The molecule has 0 unspecified atom stereocenters. The minimum Gasteiger partial charge on any atom is -0.468 e. The van der Waals surface area contributed by atoms with Gasteiger partial charge in [0.2, 0.25) is 10.0 Å². The number of nitrogens with zero attached hydrogens (tertiary/aromatic N) is 1. The number of hydrogen-bond acceptors (Lipinski definition) is 3. The minimum atomic E-state index is -3.74. The van der Waals surface area contributed by atoms with E-state index in [1.807, 2.05) is 0 Å². The molecule has 0 N–H and O–H groups in total. The molecule has 0 aliphatic carbocycles. The maximum atomic E-state index is 13.1. The smallest absolute Gasteiger partial charge is 0.243 e. The van der Waals surface area contributed by atoms with Gasteiger partial charge >= 0.3 is 0 Å². The van der Waals surface area contributed by atoms with Gasteiger partial charge in [-0.25, -0.2) is 12.8 Å². The highest BCUT2D eigenvalue weighted by molar-refractivity contribution is 9.10. The molecule has 0 spiro atoms. The third kappa shape index (κ3) is 4.36. The van der Waals surface area contributed by atoms with E-state index in [1.165, 1.54) is 22.7 Å². The first-order valence-corrected chi connectivity index (χ1v) is 9.71. The van der Waals surface area contributed by atoms with Crippen LogP contribution in [0.4, 0.5) is 4.39 Å². The molecule has 2 aromatic carbocycles. The maximum absolute atomic E-state index is 13.1. The number of benzene rings is 2. The molecule has 0 amide bonds. The Kier molecular flexibility index (Phi) is 5.36. The number of sulfonamides is 1. The topological polar surface area (TPSA) is 50.5 Å². The summed E-state index contributed by atoms with van der Waals surface area (Å²) >= 11 is 3.30. The van der Waals surface area contributed by atoms with Crippen molar-refractivity contribution in [3.05, 3.63) is 88.5 Å². The molecular formula is C18H15BrFNO3S. The molecule has 0 saturated carbocycles. The zero-order valence-corrected chi connectivity index (χ0v) is 15.5.